The Morgan fingerprint density at radius 1 is 1.52 bits per heavy atom. The van der Waals surface area contributed by atoms with Gasteiger partial charge < -0.3 is 14.6 Å². The fourth-order valence-corrected chi connectivity index (χ4v) is 4.54. The van der Waals surface area contributed by atoms with Gasteiger partial charge in [-0.15, -0.1) is 11.3 Å². The Morgan fingerprint density at radius 2 is 2.40 bits per heavy atom. The van der Waals surface area contributed by atoms with Crippen molar-refractivity contribution in [3.63, 3.8) is 0 Å². The average molecular weight is 380 g/mol. The van der Waals surface area contributed by atoms with Gasteiger partial charge in [0, 0.05) is 23.7 Å². The standard InChI is InChI=1S/C18H25N3O2S2/c1-13-14(2)21(11-15-5-3-9-23-15)18(20-13)25-12-17(22)19-8-7-16-6-4-10-24-16/h4,6,10,15H,3,5,7-9,11-12H2,1-2H3,(H,19,22). The van der Waals surface area contributed by atoms with E-state index >= 15 is 0 Å². The lowest BCUT2D eigenvalue weighted by Crippen LogP contribution is -2.27. The predicted molar refractivity (Wildman–Crippen MR) is 102 cm³/mol. The van der Waals surface area contributed by atoms with Crippen LogP contribution in [0.25, 0.3) is 0 Å². The van der Waals surface area contributed by atoms with Crippen molar-refractivity contribution in [1.82, 2.24) is 14.9 Å². The second-order valence-corrected chi connectivity index (χ2v) is 8.25. The van der Waals surface area contributed by atoms with Crippen LogP contribution in [0.4, 0.5) is 0 Å². The summed E-state index contributed by atoms with van der Waals surface area (Å²) in [5, 5.41) is 5.97. The molecule has 3 rings (SSSR count). The zero-order chi connectivity index (χ0) is 17.6. The molecule has 136 valence electrons. The molecule has 1 atom stereocenters. The third kappa shape index (κ3) is 5.09. The van der Waals surface area contributed by atoms with E-state index in [-0.39, 0.29) is 12.0 Å². The van der Waals surface area contributed by atoms with Crippen LogP contribution in [0.2, 0.25) is 0 Å². The molecule has 1 aliphatic heterocycles. The fraction of sp³-hybridized carbons (Fsp3) is 0.556. The normalized spacial score (nSPS) is 17.1. The number of nitrogens with one attached hydrogen (secondary N) is 1. The summed E-state index contributed by atoms with van der Waals surface area (Å²) in [5.74, 6) is 0.454. The molecule has 2 aromatic rings. The molecular formula is C18H25N3O2S2. The topological polar surface area (TPSA) is 56.2 Å². The monoisotopic (exact) mass is 379 g/mol. The van der Waals surface area contributed by atoms with Crippen molar-refractivity contribution < 1.29 is 9.53 Å². The number of aryl methyl sites for hydroxylation is 1. The number of aromatic nitrogens is 2. The Balaban J connectivity index is 1.49. The maximum atomic E-state index is 12.1. The highest BCUT2D eigenvalue weighted by Crippen LogP contribution is 2.24. The van der Waals surface area contributed by atoms with Gasteiger partial charge in [-0.3, -0.25) is 4.79 Å². The first kappa shape index (κ1) is 18.5. The summed E-state index contributed by atoms with van der Waals surface area (Å²) in [6.07, 6.45) is 3.39. The van der Waals surface area contributed by atoms with Crippen LogP contribution in [0.5, 0.6) is 0 Å². The summed E-state index contributed by atoms with van der Waals surface area (Å²) >= 11 is 3.23. The van der Waals surface area contributed by atoms with Crippen LogP contribution < -0.4 is 5.32 Å². The minimum absolute atomic E-state index is 0.0588. The molecule has 1 unspecified atom stereocenters. The zero-order valence-corrected chi connectivity index (χ0v) is 16.4. The number of thioether (sulfide) groups is 1. The van der Waals surface area contributed by atoms with Gasteiger partial charge in [0.2, 0.25) is 5.91 Å². The van der Waals surface area contributed by atoms with Gasteiger partial charge in [0.25, 0.3) is 0 Å². The second kappa shape index (κ2) is 8.87. The molecule has 0 radical (unpaired) electrons. The quantitative estimate of drug-likeness (QED) is 0.716. The molecule has 1 amide bonds. The molecule has 25 heavy (non-hydrogen) atoms. The van der Waals surface area contributed by atoms with Crippen LogP contribution in [0.3, 0.4) is 0 Å². The van der Waals surface area contributed by atoms with Crippen molar-refractivity contribution in [3.05, 3.63) is 33.8 Å². The molecule has 1 saturated heterocycles. The van der Waals surface area contributed by atoms with Gasteiger partial charge in [0.05, 0.1) is 24.1 Å². The summed E-state index contributed by atoms with van der Waals surface area (Å²) in [6.45, 7) is 6.47. The van der Waals surface area contributed by atoms with Crippen LogP contribution >= 0.6 is 23.1 Å². The van der Waals surface area contributed by atoms with Crippen molar-refractivity contribution in [1.29, 1.82) is 0 Å². The average Bonchev–Trinajstić information content (AvgIpc) is 3.33. The van der Waals surface area contributed by atoms with Gasteiger partial charge >= 0.3 is 0 Å². The van der Waals surface area contributed by atoms with E-state index in [0.29, 0.717) is 12.3 Å². The fourth-order valence-electron chi connectivity index (χ4n) is 2.90. The number of amides is 1. The molecule has 0 bridgehead atoms. The van der Waals surface area contributed by atoms with Gasteiger partial charge in [-0.05, 0) is 44.6 Å². The first-order valence-electron chi connectivity index (χ1n) is 8.70. The molecule has 0 aliphatic carbocycles. The van der Waals surface area contributed by atoms with E-state index in [9.17, 15) is 4.79 Å². The van der Waals surface area contributed by atoms with Gasteiger partial charge in [0.1, 0.15) is 0 Å². The third-order valence-corrected chi connectivity index (χ3v) is 6.35. The maximum Gasteiger partial charge on any atom is 0.230 e. The molecule has 3 heterocycles. The van der Waals surface area contributed by atoms with Crippen molar-refractivity contribution >= 4 is 29.0 Å². The van der Waals surface area contributed by atoms with E-state index in [0.717, 1.165) is 49.0 Å². The zero-order valence-electron chi connectivity index (χ0n) is 14.8. The summed E-state index contributed by atoms with van der Waals surface area (Å²) < 4.78 is 7.96. The lowest BCUT2D eigenvalue weighted by Gasteiger charge is -2.14. The number of rotatable bonds is 8. The van der Waals surface area contributed by atoms with Crippen molar-refractivity contribution in [3.8, 4) is 0 Å². The van der Waals surface area contributed by atoms with Gasteiger partial charge in [-0.1, -0.05) is 17.8 Å². The third-order valence-electron chi connectivity index (χ3n) is 4.44. The second-order valence-electron chi connectivity index (χ2n) is 6.28. The van der Waals surface area contributed by atoms with E-state index in [1.165, 1.54) is 16.6 Å². The molecule has 1 N–H and O–H groups in total. The first-order chi connectivity index (χ1) is 12.1. The van der Waals surface area contributed by atoms with Gasteiger partial charge in [-0.2, -0.15) is 0 Å². The molecule has 1 fully saturated rings. The van der Waals surface area contributed by atoms with E-state index in [4.69, 9.17) is 4.74 Å². The minimum atomic E-state index is 0.0588. The Hall–Kier alpha value is -1.31. The number of carbonyl (C=O) groups excluding carboxylic acids is 1. The number of nitrogens with zero attached hydrogens (tertiary/aromatic N) is 2. The molecule has 2 aromatic heterocycles. The van der Waals surface area contributed by atoms with E-state index in [2.05, 4.69) is 33.2 Å². The summed E-state index contributed by atoms with van der Waals surface area (Å²) in [4.78, 5) is 18.0. The van der Waals surface area contributed by atoms with Gasteiger partial charge in [0.15, 0.2) is 5.16 Å². The van der Waals surface area contributed by atoms with Crippen LogP contribution in [0.1, 0.15) is 29.1 Å². The molecule has 7 heteroatoms. The Kier molecular flexibility index (Phi) is 6.56. The maximum absolute atomic E-state index is 12.1. The lowest BCUT2D eigenvalue weighted by molar-refractivity contribution is -0.118. The molecule has 0 saturated carbocycles. The molecule has 1 aliphatic rings. The number of ether oxygens (including phenoxy) is 1. The summed E-state index contributed by atoms with van der Waals surface area (Å²) in [6, 6.07) is 4.13. The smallest absolute Gasteiger partial charge is 0.230 e. The number of hydrogen-bond donors (Lipinski definition) is 1. The number of imidazole rings is 1. The minimum Gasteiger partial charge on any atom is -0.376 e. The SMILES string of the molecule is Cc1nc(SCC(=O)NCCc2cccs2)n(CC2CCCO2)c1C. The summed E-state index contributed by atoms with van der Waals surface area (Å²) in [7, 11) is 0. The number of hydrogen-bond acceptors (Lipinski definition) is 5. The van der Waals surface area contributed by atoms with Crippen LogP contribution in [0.15, 0.2) is 22.7 Å². The molecular weight excluding hydrogens is 354 g/mol. The Labute approximate surface area is 157 Å². The number of carbonyl (C=O) groups is 1. The predicted octanol–water partition coefficient (Wildman–Crippen LogP) is 3.19. The number of thiophene rings is 1. The Bertz CT molecular complexity index is 691. The highest BCUT2D eigenvalue weighted by molar-refractivity contribution is 7.99. The summed E-state index contributed by atoms with van der Waals surface area (Å²) in [5.41, 5.74) is 2.19. The molecule has 0 spiro atoms. The van der Waals surface area contributed by atoms with Crippen LogP contribution in [0, 0.1) is 13.8 Å². The lowest BCUT2D eigenvalue weighted by atomic mass is 10.2. The molecule has 0 aromatic carbocycles. The first-order valence-corrected chi connectivity index (χ1v) is 10.6. The highest BCUT2D eigenvalue weighted by atomic mass is 32.2. The Morgan fingerprint density at radius 3 is 3.12 bits per heavy atom. The van der Waals surface area contributed by atoms with Crippen molar-refractivity contribution in [2.24, 2.45) is 0 Å². The van der Waals surface area contributed by atoms with Gasteiger partial charge in [-0.25, -0.2) is 4.98 Å². The van der Waals surface area contributed by atoms with Crippen molar-refractivity contribution in [2.75, 3.05) is 18.9 Å². The largest absolute Gasteiger partial charge is 0.376 e. The van der Waals surface area contributed by atoms with Crippen LogP contribution in [-0.2, 0) is 22.5 Å². The molecule has 5 nitrogen and oxygen atoms in total. The van der Waals surface area contributed by atoms with Crippen LogP contribution in [-0.4, -0.2) is 40.5 Å². The highest BCUT2D eigenvalue weighted by Gasteiger charge is 2.20. The van der Waals surface area contributed by atoms with E-state index < -0.39 is 0 Å². The van der Waals surface area contributed by atoms with E-state index in [1.54, 1.807) is 11.3 Å². The van der Waals surface area contributed by atoms with Crippen molar-refractivity contribution in [2.45, 2.75) is 50.9 Å². The van der Waals surface area contributed by atoms with E-state index in [1.807, 2.05) is 13.0 Å².